The lowest BCUT2D eigenvalue weighted by atomic mass is 10.0. The predicted molar refractivity (Wildman–Crippen MR) is 106 cm³/mol. The molecule has 30 heavy (non-hydrogen) atoms. The van der Waals surface area contributed by atoms with Gasteiger partial charge in [0.05, 0.1) is 6.04 Å². The summed E-state index contributed by atoms with van der Waals surface area (Å²) in [6.07, 6.45) is -4.20. The van der Waals surface area contributed by atoms with Gasteiger partial charge in [-0.05, 0) is 55.8 Å². The van der Waals surface area contributed by atoms with E-state index in [2.05, 4.69) is 15.0 Å². The van der Waals surface area contributed by atoms with E-state index < -0.39 is 12.8 Å². The van der Waals surface area contributed by atoms with Crippen molar-refractivity contribution in [3.8, 4) is 5.75 Å². The summed E-state index contributed by atoms with van der Waals surface area (Å²) in [5, 5.41) is 2.85. The Morgan fingerprint density at radius 2 is 1.73 bits per heavy atom. The highest BCUT2D eigenvalue weighted by atomic mass is 19.4. The molecule has 2 rings (SSSR count). The lowest BCUT2D eigenvalue weighted by molar-refractivity contribution is -0.153. The van der Waals surface area contributed by atoms with E-state index >= 15 is 0 Å². The molecule has 1 heterocycles. The second-order valence-electron chi connectivity index (χ2n) is 7.45. The van der Waals surface area contributed by atoms with Gasteiger partial charge < -0.3 is 10.1 Å². The van der Waals surface area contributed by atoms with E-state index in [4.69, 9.17) is 0 Å². The van der Waals surface area contributed by atoms with Crippen LogP contribution >= 0.6 is 0 Å². The topological polar surface area (TPSA) is 68.3 Å². The number of hydrogen-bond donors (Lipinski definition) is 1. The maximum atomic E-state index is 12.5. The van der Waals surface area contributed by atoms with Gasteiger partial charge in [-0.15, -0.1) is 0 Å². The van der Waals surface area contributed by atoms with Crippen LogP contribution in [0.3, 0.4) is 0 Å². The van der Waals surface area contributed by atoms with Gasteiger partial charge in [-0.3, -0.25) is 14.6 Å². The molecule has 0 radical (unpaired) electrons. The molecule has 1 atom stereocenters. The first-order valence-electron chi connectivity index (χ1n) is 9.55. The van der Waals surface area contributed by atoms with Crippen molar-refractivity contribution in [3.63, 3.8) is 0 Å². The van der Waals surface area contributed by atoms with Crippen molar-refractivity contribution in [1.82, 2.24) is 10.3 Å². The predicted octanol–water partition coefficient (Wildman–Crippen LogP) is 4.59. The lowest BCUT2D eigenvalue weighted by Crippen LogP contribution is -2.27. The number of benzene rings is 1. The Morgan fingerprint density at radius 3 is 2.30 bits per heavy atom. The van der Waals surface area contributed by atoms with Crippen molar-refractivity contribution < 1.29 is 27.5 Å². The molecule has 0 fully saturated rings. The van der Waals surface area contributed by atoms with Crippen LogP contribution in [-0.4, -0.2) is 29.5 Å². The van der Waals surface area contributed by atoms with Gasteiger partial charge in [0.25, 0.3) is 5.91 Å². The molecular formula is C22H25F3N2O3. The van der Waals surface area contributed by atoms with Crippen LogP contribution in [0.4, 0.5) is 13.2 Å². The smallest absolute Gasteiger partial charge is 0.422 e. The average Bonchev–Trinajstić information content (AvgIpc) is 2.65. The third-order valence-corrected chi connectivity index (χ3v) is 4.39. The van der Waals surface area contributed by atoms with Crippen LogP contribution in [0.2, 0.25) is 0 Å². The maximum Gasteiger partial charge on any atom is 0.422 e. The highest BCUT2D eigenvalue weighted by Gasteiger charge is 2.28. The Kier molecular flexibility index (Phi) is 7.59. The molecule has 1 amide bonds. The van der Waals surface area contributed by atoms with Crippen LogP contribution in [-0.2, 0) is 11.2 Å². The third-order valence-electron chi connectivity index (χ3n) is 4.39. The average molecular weight is 422 g/mol. The number of nitrogens with zero attached hydrogens (tertiary/aromatic N) is 1. The number of halogens is 3. The fraction of sp³-hybridized carbons (Fsp3) is 0.409. The molecule has 1 aromatic heterocycles. The van der Waals surface area contributed by atoms with Crippen LogP contribution in [0.5, 0.6) is 5.75 Å². The Balaban J connectivity index is 2.04. The Morgan fingerprint density at radius 1 is 1.10 bits per heavy atom. The van der Waals surface area contributed by atoms with Gasteiger partial charge in [-0.2, -0.15) is 13.2 Å². The van der Waals surface area contributed by atoms with E-state index in [-0.39, 0.29) is 35.8 Å². The molecule has 0 spiro atoms. The molecule has 5 nitrogen and oxygen atoms in total. The van der Waals surface area contributed by atoms with Crippen molar-refractivity contribution in [3.05, 3.63) is 58.9 Å². The Hall–Kier alpha value is -2.90. The molecule has 0 saturated carbocycles. The van der Waals surface area contributed by atoms with Crippen LogP contribution in [0.25, 0.3) is 0 Å². The summed E-state index contributed by atoms with van der Waals surface area (Å²) in [6.45, 7) is 5.91. The van der Waals surface area contributed by atoms with Gasteiger partial charge in [0.2, 0.25) is 0 Å². The first-order valence-corrected chi connectivity index (χ1v) is 9.55. The van der Waals surface area contributed by atoms with E-state index in [9.17, 15) is 22.8 Å². The molecule has 1 aromatic carbocycles. The standard InChI is InChI=1S/C22H25F3N2O3/c1-13(2)20(28)11-18-10-17(9-14(3)26-18)15(4)27-21(29)16-5-7-19(8-6-16)30-12-22(23,24)25/h5-10,13,15H,11-12H2,1-4H3,(H,27,29). The van der Waals surface area contributed by atoms with Gasteiger partial charge >= 0.3 is 6.18 Å². The number of ketones is 1. The van der Waals surface area contributed by atoms with Crippen LogP contribution in [0.15, 0.2) is 36.4 Å². The highest BCUT2D eigenvalue weighted by molar-refractivity contribution is 5.94. The largest absolute Gasteiger partial charge is 0.484 e. The first kappa shape index (κ1) is 23.4. The van der Waals surface area contributed by atoms with Gasteiger partial charge in [-0.25, -0.2) is 0 Å². The Bertz CT molecular complexity index is 893. The van der Waals surface area contributed by atoms with Gasteiger partial charge in [-0.1, -0.05) is 13.8 Å². The number of ether oxygens (including phenoxy) is 1. The molecule has 2 aromatic rings. The molecule has 0 aliphatic rings. The fourth-order valence-electron chi connectivity index (χ4n) is 2.72. The zero-order valence-corrected chi connectivity index (χ0v) is 17.3. The number of alkyl halides is 3. The summed E-state index contributed by atoms with van der Waals surface area (Å²) in [4.78, 5) is 28.9. The van der Waals surface area contributed by atoms with Crippen molar-refractivity contribution in [2.45, 2.75) is 46.3 Å². The van der Waals surface area contributed by atoms with E-state index in [1.165, 1.54) is 24.3 Å². The number of carbonyl (C=O) groups is 2. The van der Waals surface area contributed by atoms with E-state index in [0.717, 1.165) is 11.3 Å². The number of Topliss-reactive ketones (excluding diaryl/α,β-unsaturated/α-hetero) is 1. The maximum absolute atomic E-state index is 12.5. The summed E-state index contributed by atoms with van der Waals surface area (Å²) in [5.74, 6) is -0.347. The molecule has 0 aliphatic heterocycles. The normalized spacial score (nSPS) is 12.5. The minimum absolute atomic E-state index is 0.0288. The molecular weight excluding hydrogens is 397 g/mol. The number of aromatic nitrogens is 1. The quantitative estimate of drug-likeness (QED) is 0.676. The number of hydrogen-bond acceptors (Lipinski definition) is 4. The number of pyridine rings is 1. The van der Waals surface area contributed by atoms with E-state index in [0.29, 0.717) is 11.3 Å². The minimum atomic E-state index is -4.42. The van der Waals surface area contributed by atoms with Crippen molar-refractivity contribution in [2.24, 2.45) is 5.92 Å². The molecule has 162 valence electrons. The van der Waals surface area contributed by atoms with Gasteiger partial charge in [0.15, 0.2) is 6.61 Å². The summed E-state index contributed by atoms with van der Waals surface area (Å²) in [7, 11) is 0. The van der Waals surface area contributed by atoms with Crippen molar-refractivity contribution in [1.29, 1.82) is 0 Å². The van der Waals surface area contributed by atoms with Crippen molar-refractivity contribution >= 4 is 11.7 Å². The SMILES string of the molecule is Cc1cc(C(C)NC(=O)c2ccc(OCC(F)(F)F)cc2)cc(CC(=O)C(C)C)n1. The number of nitrogens with one attached hydrogen (secondary N) is 1. The third kappa shape index (κ3) is 7.17. The number of aryl methyl sites for hydroxylation is 1. The molecule has 8 heteroatoms. The van der Waals surface area contributed by atoms with Crippen molar-refractivity contribution in [2.75, 3.05) is 6.61 Å². The summed E-state index contributed by atoms with van der Waals surface area (Å²) < 4.78 is 41.3. The van der Waals surface area contributed by atoms with Crippen LogP contribution in [0.1, 0.15) is 54.1 Å². The summed E-state index contributed by atoms with van der Waals surface area (Å²) in [6, 6.07) is 8.72. The lowest BCUT2D eigenvalue weighted by Gasteiger charge is -2.16. The second kappa shape index (κ2) is 9.73. The summed E-state index contributed by atoms with van der Waals surface area (Å²) in [5.41, 5.74) is 2.50. The number of amides is 1. The number of carbonyl (C=O) groups excluding carboxylic acids is 2. The van der Waals surface area contributed by atoms with Gasteiger partial charge in [0.1, 0.15) is 11.5 Å². The highest BCUT2D eigenvalue weighted by Crippen LogP contribution is 2.20. The van der Waals surface area contributed by atoms with Crippen LogP contribution < -0.4 is 10.1 Å². The van der Waals surface area contributed by atoms with E-state index in [1.807, 2.05) is 33.8 Å². The molecule has 1 unspecified atom stereocenters. The zero-order valence-electron chi connectivity index (χ0n) is 17.3. The molecule has 0 saturated heterocycles. The molecule has 1 N–H and O–H groups in total. The number of rotatable bonds is 8. The summed E-state index contributed by atoms with van der Waals surface area (Å²) >= 11 is 0. The zero-order chi connectivity index (χ0) is 22.5. The monoisotopic (exact) mass is 422 g/mol. The second-order valence-corrected chi connectivity index (χ2v) is 7.45. The minimum Gasteiger partial charge on any atom is -0.484 e. The first-order chi connectivity index (χ1) is 13.9. The van der Waals surface area contributed by atoms with Gasteiger partial charge in [0, 0.05) is 29.3 Å². The Labute approximate surface area is 173 Å². The molecule has 0 aliphatic carbocycles. The van der Waals surface area contributed by atoms with Crippen LogP contribution in [0, 0.1) is 12.8 Å². The fourth-order valence-corrected chi connectivity index (χ4v) is 2.72. The van der Waals surface area contributed by atoms with E-state index in [1.54, 1.807) is 6.07 Å². The molecule has 0 bridgehead atoms.